The van der Waals surface area contributed by atoms with Crippen LogP contribution < -0.4 is 20.1 Å². The maximum absolute atomic E-state index is 13.7. The molecule has 1 amide bonds. The highest BCUT2D eigenvalue weighted by Crippen LogP contribution is 2.51. The van der Waals surface area contributed by atoms with E-state index in [-0.39, 0.29) is 0 Å². The van der Waals surface area contributed by atoms with Crippen LogP contribution in [0, 0.1) is 0 Å². The average molecular weight is 424 g/mol. The first-order valence-corrected chi connectivity index (χ1v) is 11.3. The van der Waals surface area contributed by atoms with Gasteiger partial charge < -0.3 is 20.1 Å². The van der Waals surface area contributed by atoms with E-state index in [9.17, 15) is 9.36 Å². The summed E-state index contributed by atoms with van der Waals surface area (Å²) in [5.41, 5.74) is 7.00. The first kappa shape index (κ1) is 21.6. The molecule has 0 aliphatic heterocycles. The molecule has 0 heterocycles. The van der Waals surface area contributed by atoms with Crippen LogP contribution in [0.3, 0.4) is 0 Å². The van der Waals surface area contributed by atoms with Crippen LogP contribution in [0.1, 0.15) is 12.5 Å². The van der Waals surface area contributed by atoms with Gasteiger partial charge in [-0.1, -0.05) is 66.7 Å². The third kappa shape index (κ3) is 5.96. The molecule has 7 heteroatoms. The van der Waals surface area contributed by atoms with Gasteiger partial charge in [0.2, 0.25) is 5.91 Å². The SMILES string of the molecule is CC(NC(=O)[C@@H](N)Cc1ccccc1)P(=O)(Oc1ccccc1)Oc1ccccc1. The Bertz CT molecular complexity index is 938. The molecule has 30 heavy (non-hydrogen) atoms. The minimum atomic E-state index is -3.82. The van der Waals surface area contributed by atoms with Crippen molar-refractivity contribution in [2.75, 3.05) is 0 Å². The van der Waals surface area contributed by atoms with Gasteiger partial charge in [0.1, 0.15) is 11.5 Å². The topological polar surface area (TPSA) is 90.7 Å². The van der Waals surface area contributed by atoms with Gasteiger partial charge in [0.15, 0.2) is 5.78 Å². The monoisotopic (exact) mass is 424 g/mol. The number of amides is 1. The van der Waals surface area contributed by atoms with Crippen LogP contribution >= 0.6 is 7.60 Å². The third-order valence-electron chi connectivity index (χ3n) is 4.41. The van der Waals surface area contributed by atoms with E-state index in [1.807, 2.05) is 42.5 Å². The fourth-order valence-corrected chi connectivity index (χ4v) is 4.26. The lowest BCUT2D eigenvalue weighted by atomic mass is 10.1. The molecule has 0 aliphatic carbocycles. The van der Waals surface area contributed by atoms with Crippen molar-refractivity contribution in [2.24, 2.45) is 5.73 Å². The number of para-hydroxylation sites is 2. The van der Waals surface area contributed by atoms with E-state index < -0.39 is 25.3 Å². The summed E-state index contributed by atoms with van der Waals surface area (Å²) in [5.74, 6) is -0.593. The van der Waals surface area contributed by atoms with Gasteiger partial charge in [0, 0.05) is 0 Å². The van der Waals surface area contributed by atoms with Gasteiger partial charge in [-0.15, -0.1) is 0 Å². The molecule has 0 radical (unpaired) electrons. The van der Waals surface area contributed by atoms with E-state index in [2.05, 4.69) is 5.32 Å². The van der Waals surface area contributed by atoms with Crippen molar-refractivity contribution in [1.82, 2.24) is 5.32 Å². The molecular weight excluding hydrogens is 399 g/mol. The van der Waals surface area contributed by atoms with Crippen LogP contribution in [0.2, 0.25) is 0 Å². The second-order valence-electron chi connectivity index (χ2n) is 6.83. The van der Waals surface area contributed by atoms with Crippen LogP contribution in [-0.2, 0) is 15.8 Å². The molecule has 0 aliphatic rings. The molecule has 0 spiro atoms. The summed E-state index contributed by atoms with van der Waals surface area (Å²) >= 11 is 0. The van der Waals surface area contributed by atoms with E-state index in [0.717, 1.165) is 5.56 Å². The van der Waals surface area contributed by atoms with Gasteiger partial charge in [-0.2, -0.15) is 0 Å². The Morgan fingerprint density at radius 3 is 1.77 bits per heavy atom. The zero-order valence-electron chi connectivity index (χ0n) is 16.7. The van der Waals surface area contributed by atoms with Gasteiger partial charge >= 0.3 is 7.60 Å². The molecule has 0 saturated carbocycles. The van der Waals surface area contributed by atoms with Gasteiger partial charge in [-0.3, -0.25) is 4.79 Å². The summed E-state index contributed by atoms with van der Waals surface area (Å²) in [4.78, 5) is 12.6. The predicted octanol–water partition coefficient (Wildman–Crippen LogP) is 4.37. The molecule has 0 fully saturated rings. The number of hydrogen-bond donors (Lipinski definition) is 2. The number of carbonyl (C=O) groups is 1. The van der Waals surface area contributed by atoms with Crippen LogP contribution in [0.25, 0.3) is 0 Å². The maximum Gasteiger partial charge on any atom is 0.452 e. The molecule has 0 saturated heterocycles. The lowest BCUT2D eigenvalue weighted by molar-refractivity contribution is -0.122. The van der Waals surface area contributed by atoms with Crippen LogP contribution in [0.5, 0.6) is 11.5 Å². The predicted molar refractivity (Wildman–Crippen MR) is 117 cm³/mol. The zero-order valence-corrected chi connectivity index (χ0v) is 17.6. The van der Waals surface area contributed by atoms with Crippen LogP contribution in [-0.4, -0.2) is 17.7 Å². The number of benzene rings is 3. The highest BCUT2D eigenvalue weighted by atomic mass is 31.2. The van der Waals surface area contributed by atoms with Gasteiger partial charge in [-0.25, -0.2) is 4.57 Å². The maximum atomic E-state index is 13.7. The van der Waals surface area contributed by atoms with Crippen molar-refractivity contribution in [3.63, 3.8) is 0 Å². The molecule has 3 aromatic rings. The van der Waals surface area contributed by atoms with Gasteiger partial charge in [0.25, 0.3) is 0 Å². The molecule has 0 aromatic heterocycles. The first-order valence-electron chi connectivity index (χ1n) is 9.65. The summed E-state index contributed by atoms with van der Waals surface area (Å²) in [6, 6.07) is 26.1. The Hall–Kier alpha value is -3.08. The first-order chi connectivity index (χ1) is 14.5. The van der Waals surface area contributed by atoms with Crippen LogP contribution in [0.15, 0.2) is 91.0 Å². The Morgan fingerprint density at radius 2 is 1.30 bits per heavy atom. The van der Waals surface area contributed by atoms with E-state index in [0.29, 0.717) is 17.9 Å². The lowest BCUT2D eigenvalue weighted by Gasteiger charge is -2.26. The molecule has 3 rings (SSSR count). The van der Waals surface area contributed by atoms with Crippen molar-refractivity contribution in [2.45, 2.75) is 25.2 Å². The zero-order chi connectivity index (χ0) is 21.4. The van der Waals surface area contributed by atoms with Crippen molar-refractivity contribution in [1.29, 1.82) is 0 Å². The van der Waals surface area contributed by atoms with Gasteiger partial charge in [0.05, 0.1) is 6.04 Å². The van der Waals surface area contributed by atoms with E-state index in [1.54, 1.807) is 55.5 Å². The smallest absolute Gasteiger partial charge is 0.415 e. The number of nitrogens with one attached hydrogen (secondary N) is 1. The summed E-state index contributed by atoms with van der Waals surface area (Å²) in [6.07, 6.45) is 0.364. The van der Waals surface area contributed by atoms with Crippen molar-refractivity contribution >= 4 is 13.5 Å². The Kier molecular flexibility index (Phi) is 7.28. The molecule has 2 atom stereocenters. The number of carbonyl (C=O) groups excluding carboxylic acids is 1. The van der Waals surface area contributed by atoms with Crippen molar-refractivity contribution in [3.05, 3.63) is 96.6 Å². The lowest BCUT2D eigenvalue weighted by Crippen LogP contribution is -2.46. The Labute approximate surface area is 176 Å². The molecule has 156 valence electrons. The van der Waals surface area contributed by atoms with E-state index >= 15 is 0 Å². The van der Waals surface area contributed by atoms with Crippen molar-refractivity contribution < 1.29 is 18.4 Å². The number of hydrogen-bond acceptors (Lipinski definition) is 5. The number of rotatable bonds is 9. The molecule has 3 N–H and O–H groups in total. The second-order valence-corrected chi connectivity index (χ2v) is 9.05. The number of nitrogens with two attached hydrogens (primary N) is 1. The third-order valence-corrected chi connectivity index (χ3v) is 6.42. The van der Waals surface area contributed by atoms with Gasteiger partial charge in [-0.05, 0) is 43.2 Å². The standard InChI is InChI=1S/C23H25N2O4P/c1-18(25-23(26)22(24)17-19-11-5-2-6-12-19)30(27,28-20-13-7-3-8-14-20)29-21-15-9-4-10-16-21/h2-16,18,22H,17,24H2,1H3,(H,25,26)/t18?,22-/m0/s1. The Morgan fingerprint density at radius 1 is 0.867 bits per heavy atom. The fourth-order valence-electron chi connectivity index (χ4n) is 2.79. The Balaban J connectivity index is 1.74. The molecule has 1 unspecified atom stereocenters. The normalized spacial score (nSPS) is 13.1. The van der Waals surface area contributed by atoms with E-state index in [1.165, 1.54) is 0 Å². The minimum Gasteiger partial charge on any atom is -0.415 e. The largest absolute Gasteiger partial charge is 0.452 e. The molecule has 3 aromatic carbocycles. The summed E-state index contributed by atoms with van der Waals surface area (Å²) < 4.78 is 25.2. The van der Waals surface area contributed by atoms with E-state index in [4.69, 9.17) is 14.8 Å². The van der Waals surface area contributed by atoms with Crippen LogP contribution in [0.4, 0.5) is 0 Å². The summed E-state index contributed by atoms with van der Waals surface area (Å²) in [7, 11) is -3.82. The molecule has 6 nitrogen and oxygen atoms in total. The molecular formula is C23H25N2O4P. The minimum absolute atomic E-state index is 0.364. The summed E-state index contributed by atoms with van der Waals surface area (Å²) in [6.45, 7) is 1.58. The fraction of sp³-hybridized carbons (Fsp3) is 0.174. The quantitative estimate of drug-likeness (QED) is 0.498. The highest BCUT2D eigenvalue weighted by molar-refractivity contribution is 7.55. The average Bonchev–Trinajstić information content (AvgIpc) is 2.75. The molecule has 0 bridgehead atoms. The second kappa shape index (κ2) is 10.1. The van der Waals surface area contributed by atoms with Crippen molar-refractivity contribution in [3.8, 4) is 11.5 Å². The highest BCUT2D eigenvalue weighted by Gasteiger charge is 2.38. The summed E-state index contributed by atoms with van der Waals surface area (Å²) in [5, 5.41) is 2.70.